The van der Waals surface area contributed by atoms with Crippen LogP contribution in [0.4, 0.5) is 0 Å². The number of carboxylic acid groups (broad SMARTS) is 1. The molecule has 3 nitrogen and oxygen atoms in total. The molecule has 0 saturated heterocycles. The van der Waals surface area contributed by atoms with Crippen LogP contribution in [0.1, 0.15) is 26.2 Å². The Morgan fingerprint density at radius 1 is 1.42 bits per heavy atom. The van der Waals surface area contributed by atoms with Crippen molar-refractivity contribution in [1.29, 1.82) is 0 Å². The normalized spacial score (nSPS) is 9.58. The monoisotopic (exact) mass is 181 g/mol. The second-order valence-corrected chi connectivity index (χ2v) is 2.82. The minimum atomic E-state index is -0.996. The summed E-state index contributed by atoms with van der Waals surface area (Å²) in [5, 5.41) is 10.1. The fourth-order valence-electron chi connectivity index (χ4n) is 0.931. The van der Waals surface area contributed by atoms with E-state index in [2.05, 4.69) is 6.92 Å². The first-order valence-electron chi connectivity index (χ1n) is 4.05. The van der Waals surface area contributed by atoms with E-state index < -0.39 is 5.97 Å². The van der Waals surface area contributed by atoms with Gasteiger partial charge < -0.3 is 14.8 Å². The third-order valence-electron chi connectivity index (χ3n) is 1.54. The summed E-state index contributed by atoms with van der Waals surface area (Å²) in [6, 6.07) is 0. The van der Waals surface area contributed by atoms with E-state index in [0.29, 0.717) is 0 Å². The van der Waals surface area contributed by atoms with Crippen molar-refractivity contribution in [3.05, 3.63) is 0 Å². The number of carbonyl (C=O) groups excluding carboxylic acids is 1. The van der Waals surface area contributed by atoms with Crippen molar-refractivity contribution in [2.45, 2.75) is 26.2 Å². The minimum absolute atomic E-state index is 0. The average molecular weight is 181 g/mol. The SMILES string of the molecule is CCCCCN(C)CC(=O)[O-].[Na+]. The van der Waals surface area contributed by atoms with Crippen LogP contribution in [-0.4, -0.2) is 31.0 Å². The number of carboxylic acids is 1. The van der Waals surface area contributed by atoms with Gasteiger partial charge in [-0.3, -0.25) is 0 Å². The van der Waals surface area contributed by atoms with E-state index in [-0.39, 0.29) is 36.1 Å². The van der Waals surface area contributed by atoms with E-state index in [9.17, 15) is 9.90 Å². The number of likely N-dealkylation sites (N-methyl/N-ethyl adjacent to an activating group) is 1. The van der Waals surface area contributed by atoms with Gasteiger partial charge in [0.25, 0.3) is 0 Å². The molecule has 0 aromatic carbocycles. The molecule has 0 fully saturated rings. The molecule has 4 heteroatoms. The molecule has 0 N–H and O–H groups in total. The van der Waals surface area contributed by atoms with Gasteiger partial charge in [0.05, 0.1) is 5.97 Å². The Morgan fingerprint density at radius 2 is 2.00 bits per heavy atom. The number of unbranched alkanes of at least 4 members (excludes halogenated alkanes) is 2. The molecular weight excluding hydrogens is 165 g/mol. The molecule has 0 heterocycles. The van der Waals surface area contributed by atoms with Crippen LogP contribution in [-0.2, 0) is 4.79 Å². The summed E-state index contributed by atoms with van der Waals surface area (Å²) in [6.07, 6.45) is 3.40. The maximum Gasteiger partial charge on any atom is 1.00 e. The molecule has 0 aliphatic rings. The molecule has 0 aromatic heterocycles. The second-order valence-electron chi connectivity index (χ2n) is 2.82. The first-order chi connectivity index (χ1) is 5.16. The van der Waals surface area contributed by atoms with Gasteiger partial charge in [-0.2, -0.15) is 0 Å². The van der Waals surface area contributed by atoms with E-state index in [1.807, 2.05) is 0 Å². The number of hydrogen-bond donors (Lipinski definition) is 0. The molecule has 0 aliphatic carbocycles. The van der Waals surface area contributed by atoms with Gasteiger partial charge in [0, 0.05) is 6.54 Å². The molecule has 12 heavy (non-hydrogen) atoms. The van der Waals surface area contributed by atoms with Crippen molar-refractivity contribution in [3.8, 4) is 0 Å². The van der Waals surface area contributed by atoms with Crippen LogP contribution in [0.2, 0.25) is 0 Å². The smallest absolute Gasteiger partial charge is 0.549 e. The van der Waals surface area contributed by atoms with E-state index in [0.717, 1.165) is 19.4 Å². The minimum Gasteiger partial charge on any atom is -0.549 e. The zero-order chi connectivity index (χ0) is 8.69. The van der Waals surface area contributed by atoms with Crippen LogP contribution in [0.15, 0.2) is 0 Å². The Balaban J connectivity index is 0. The standard InChI is InChI=1S/C8H17NO2.Na/c1-3-4-5-6-9(2)7-8(10)11;/h3-7H2,1-2H3,(H,10,11);/q;+1/p-1. The predicted octanol–water partition coefficient (Wildman–Crippen LogP) is -3.14. The van der Waals surface area contributed by atoms with Crippen LogP contribution >= 0.6 is 0 Å². The molecule has 0 aliphatic heterocycles. The van der Waals surface area contributed by atoms with E-state index in [4.69, 9.17) is 0 Å². The van der Waals surface area contributed by atoms with Gasteiger partial charge >= 0.3 is 29.6 Å². The fraction of sp³-hybridized carbons (Fsp3) is 0.875. The molecule has 0 radical (unpaired) electrons. The summed E-state index contributed by atoms with van der Waals surface area (Å²) in [5.41, 5.74) is 0. The van der Waals surface area contributed by atoms with Crippen LogP contribution in [0.5, 0.6) is 0 Å². The molecular formula is C8H16NNaO2. The summed E-state index contributed by atoms with van der Waals surface area (Å²) >= 11 is 0. The van der Waals surface area contributed by atoms with Gasteiger partial charge in [-0.25, -0.2) is 0 Å². The number of nitrogens with zero attached hydrogens (tertiary/aromatic N) is 1. The van der Waals surface area contributed by atoms with Gasteiger partial charge in [-0.1, -0.05) is 19.8 Å². The first-order valence-corrected chi connectivity index (χ1v) is 4.05. The van der Waals surface area contributed by atoms with Crippen molar-refractivity contribution >= 4 is 5.97 Å². The maximum atomic E-state index is 10.1. The Morgan fingerprint density at radius 3 is 2.42 bits per heavy atom. The summed E-state index contributed by atoms with van der Waals surface area (Å²) in [5.74, 6) is -0.996. The molecule has 0 saturated carbocycles. The zero-order valence-electron chi connectivity index (χ0n) is 8.30. The number of carbonyl (C=O) groups is 1. The third-order valence-corrected chi connectivity index (χ3v) is 1.54. The van der Waals surface area contributed by atoms with Crippen molar-refractivity contribution in [2.24, 2.45) is 0 Å². The molecule has 0 amide bonds. The fourth-order valence-corrected chi connectivity index (χ4v) is 0.931. The largest absolute Gasteiger partial charge is 1.00 e. The quantitative estimate of drug-likeness (QED) is 0.321. The van der Waals surface area contributed by atoms with Crippen molar-refractivity contribution in [2.75, 3.05) is 20.1 Å². The zero-order valence-corrected chi connectivity index (χ0v) is 10.3. The van der Waals surface area contributed by atoms with Crippen molar-refractivity contribution < 1.29 is 39.5 Å². The van der Waals surface area contributed by atoms with Crippen LogP contribution in [0, 0.1) is 0 Å². The van der Waals surface area contributed by atoms with Gasteiger partial charge in [0.2, 0.25) is 0 Å². The van der Waals surface area contributed by atoms with E-state index in [1.165, 1.54) is 6.42 Å². The first kappa shape index (κ1) is 14.9. The van der Waals surface area contributed by atoms with Gasteiger partial charge in [-0.15, -0.1) is 0 Å². The molecule has 0 unspecified atom stereocenters. The molecule has 0 aromatic rings. The molecule has 0 rings (SSSR count). The van der Waals surface area contributed by atoms with Crippen molar-refractivity contribution in [3.63, 3.8) is 0 Å². The molecule has 66 valence electrons. The van der Waals surface area contributed by atoms with E-state index in [1.54, 1.807) is 11.9 Å². The molecule has 0 spiro atoms. The van der Waals surface area contributed by atoms with Crippen molar-refractivity contribution in [1.82, 2.24) is 4.90 Å². The Kier molecular flexibility index (Phi) is 11.8. The number of rotatable bonds is 6. The van der Waals surface area contributed by atoms with Crippen LogP contribution < -0.4 is 34.7 Å². The average Bonchev–Trinajstić information content (AvgIpc) is 1.86. The predicted molar refractivity (Wildman–Crippen MR) is 42.0 cm³/mol. The topological polar surface area (TPSA) is 43.4 Å². The number of hydrogen-bond acceptors (Lipinski definition) is 3. The Hall–Kier alpha value is 0.430. The maximum absolute atomic E-state index is 10.1. The van der Waals surface area contributed by atoms with Gasteiger partial charge in [-0.05, 0) is 20.0 Å². The number of aliphatic carboxylic acids is 1. The Bertz CT molecular complexity index is 120. The third kappa shape index (κ3) is 10.4. The summed E-state index contributed by atoms with van der Waals surface area (Å²) < 4.78 is 0. The summed E-state index contributed by atoms with van der Waals surface area (Å²) in [4.78, 5) is 11.9. The van der Waals surface area contributed by atoms with Crippen LogP contribution in [0.25, 0.3) is 0 Å². The summed E-state index contributed by atoms with van der Waals surface area (Å²) in [7, 11) is 1.80. The Labute approximate surface area is 96.4 Å². The van der Waals surface area contributed by atoms with Gasteiger partial charge in [0.1, 0.15) is 0 Å². The summed E-state index contributed by atoms with van der Waals surface area (Å²) in [6.45, 7) is 3.02. The second kappa shape index (κ2) is 9.52. The molecule has 0 atom stereocenters. The van der Waals surface area contributed by atoms with E-state index >= 15 is 0 Å². The van der Waals surface area contributed by atoms with Crippen LogP contribution in [0.3, 0.4) is 0 Å². The molecule has 0 bridgehead atoms. The van der Waals surface area contributed by atoms with Gasteiger partial charge in [0.15, 0.2) is 0 Å².